The number of ether oxygens (including phenoxy) is 3. The molecule has 0 fully saturated rings. The molecule has 2 N–H and O–H groups in total. The van der Waals surface area contributed by atoms with Crippen LogP contribution in [0.25, 0.3) is 0 Å². The Morgan fingerprint density at radius 3 is 2.45 bits per heavy atom. The number of fused-ring (bicyclic) bond motifs is 1. The zero-order valence-corrected chi connectivity index (χ0v) is 20.2. The van der Waals surface area contributed by atoms with Crippen molar-refractivity contribution >= 4 is 45.1 Å². The van der Waals surface area contributed by atoms with Crippen LogP contribution in [0.3, 0.4) is 0 Å². The molecular weight excluding hydrogens is 531 g/mol. The van der Waals surface area contributed by atoms with Gasteiger partial charge < -0.3 is 19.9 Å². The molecule has 0 radical (unpaired) electrons. The van der Waals surface area contributed by atoms with Crippen molar-refractivity contribution in [3.63, 3.8) is 0 Å². The highest BCUT2D eigenvalue weighted by molar-refractivity contribution is 9.10. The molecule has 0 amide bonds. The van der Waals surface area contributed by atoms with Crippen molar-refractivity contribution in [3.8, 4) is 23.3 Å². The maximum atomic E-state index is 12.7. The van der Waals surface area contributed by atoms with E-state index in [2.05, 4.69) is 22.0 Å². The van der Waals surface area contributed by atoms with Crippen LogP contribution in [-0.4, -0.2) is 13.1 Å². The molecule has 0 spiro atoms. The fourth-order valence-electron chi connectivity index (χ4n) is 3.57. The second kappa shape index (κ2) is 9.36. The first-order valence-corrected chi connectivity index (χ1v) is 11.1. The van der Waals surface area contributed by atoms with E-state index in [4.69, 9.17) is 43.1 Å². The van der Waals surface area contributed by atoms with E-state index in [9.17, 15) is 10.1 Å². The van der Waals surface area contributed by atoms with Gasteiger partial charge in [-0.15, -0.1) is 0 Å². The third-order valence-electron chi connectivity index (χ3n) is 5.06. The molecule has 3 aromatic rings. The van der Waals surface area contributed by atoms with Gasteiger partial charge in [-0.3, -0.25) is 0 Å². The number of nitriles is 1. The molecule has 0 aromatic heterocycles. The summed E-state index contributed by atoms with van der Waals surface area (Å²) in [4.78, 5) is 12.7. The van der Waals surface area contributed by atoms with Gasteiger partial charge in [0.05, 0.1) is 28.6 Å². The van der Waals surface area contributed by atoms with Crippen molar-refractivity contribution in [1.82, 2.24) is 0 Å². The molecule has 0 saturated carbocycles. The van der Waals surface area contributed by atoms with E-state index in [0.29, 0.717) is 16.9 Å². The highest BCUT2D eigenvalue weighted by Crippen LogP contribution is 2.45. The van der Waals surface area contributed by atoms with Crippen LogP contribution in [0, 0.1) is 11.3 Å². The summed E-state index contributed by atoms with van der Waals surface area (Å²) in [5.41, 5.74) is 8.07. The SMILES string of the molecule is COc1c(Cl)cc(C(=O)Oc2ccc3c(c2)OC(N)=C(C#N)C3c2ccccc2Br)cc1Cl. The Morgan fingerprint density at radius 2 is 1.82 bits per heavy atom. The number of rotatable bonds is 4. The first-order chi connectivity index (χ1) is 15.8. The second-order valence-corrected chi connectivity index (χ2v) is 8.68. The number of esters is 1. The standard InChI is InChI=1S/C24H15BrCl2N2O4/c1-31-22-18(26)8-12(9-19(22)27)24(30)32-13-6-7-15-20(10-13)33-23(29)16(11-28)21(15)14-4-2-3-5-17(14)25/h2-10,21H,29H2,1H3. The fourth-order valence-corrected chi connectivity index (χ4v) is 4.72. The lowest BCUT2D eigenvalue weighted by Gasteiger charge is -2.27. The zero-order valence-electron chi connectivity index (χ0n) is 17.1. The topological polar surface area (TPSA) is 94.6 Å². The monoisotopic (exact) mass is 544 g/mol. The molecule has 1 unspecified atom stereocenters. The minimum Gasteiger partial charge on any atom is -0.494 e. The van der Waals surface area contributed by atoms with Gasteiger partial charge in [0.25, 0.3) is 0 Å². The highest BCUT2D eigenvalue weighted by atomic mass is 79.9. The molecule has 166 valence electrons. The number of methoxy groups -OCH3 is 1. The summed E-state index contributed by atoms with van der Waals surface area (Å²) in [7, 11) is 1.43. The van der Waals surface area contributed by atoms with E-state index in [0.717, 1.165) is 10.0 Å². The van der Waals surface area contributed by atoms with E-state index in [1.165, 1.54) is 19.2 Å². The van der Waals surface area contributed by atoms with Gasteiger partial charge in [0.15, 0.2) is 5.75 Å². The number of nitrogens with two attached hydrogens (primary N) is 1. The van der Waals surface area contributed by atoms with E-state index >= 15 is 0 Å². The molecule has 0 bridgehead atoms. The van der Waals surface area contributed by atoms with Crippen LogP contribution >= 0.6 is 39.1 Å². The van der Waals surface area contributed by atoms with Crippen molar-refractivity contribution in [3.05, 3.63) is 97.3 Å². The van der Waals surface area contributed by atoms with Crippen molar-refractivity contribution in [2.75, 3.05) is 7.11 Å². The van der Waals surface area contributed by atoms with Crippen LogP contribution in [0.1, 0.15) is 27.4 Å². The van der Waals surface area contributed by atoms with Crippen molar-refractivity contribution in [1.29, 1.82) is 5.26 Å². The molecule has 6 nitrogen and oxygen atoms in total. The number of carbonyl (C=O) groups excluding carboxylic acids is 1. The van der Waals surface area contributed by atoms with E-state index < -0.39 is 11.9 Å². The summed E-state index contributed by atoms with van der Waals surface area (Å²) >= 11 is 15.8. The average molecular weight is 546 g/mol. The van der Waals surface area contributed by atoms with Gasteiger partial charge >= 0.3 is 5.97 Å². The maximum Gasteiger partial charge on any atom is 0.343 e. The highest BCUT2D eigenvalue weighted by Gasteiger charge is 2.32. The summed E-state index contributed by atoms with van der Waals surface area (Å²) in [5, 5.41) is 10.1. The van der Waals surface area contributed by atoms with Gasteiger partial charge in [-0.2, -0.15) is 5.26 Å². The van der Waals surface area contributed by atoms with E-state index in [-0.39, 0.29) is 33.0 Å². The van der Waals surface area contributed by atoms with Crippen molar-refractivity contribution in [2.24, 2.45) is 5.73 Å². The molecule has 0 saturated heterocycles. The van der Waals surface area contributed by atoms with Crippen molar-refractivity contribution < 1.29 is 19.0 Å². The second-order valence-electron chi connectivity index (χ2n) is 7.01. The molecule has 1 aliphatic heterocycles. The fraction of sp³-hybridized carbons (Fsp3) is 0.0833. The molecule has 4 rings (SSSR count). The van der Waals surface area contributed by atoms with Gasteiger partial charge in [-0.25, -0.2) is 4.79 Å². The Hall–Kier alpha value is -3.18. The number of hydrogen-bond donors (Lipinski definition) is 1. The van der Waals surface area contributed by atoms with Crippen LogP contribution in [-0.2, 0) is 0 Å². The number of benzene rings is 3. The Morgan fingerprint density at radius 1 is 1.12 bits per heavy atom. The summed E-state index contributed by atoms with van der Waals surface area (Å²) in [6, 6.07) is 17.4. The average Bonchev–Trinajstić information content (AvgIpc) is 2.78. The zero-order chi connectivity index (χ0) is 23.7. The van der Waals surface area contributed by atoms with Gasteiger partial charge in [0, 0.05) is 16.1 Å². The quantitative estimate of drug-likeness (QED) is 0.310. The van der Waals surface area contributed by atoms with Gasteiger partial charge in [-0.05, 0) is 29.8 Å². The van der Waals surface area contributed by atoms with Gasteiger partial charge in [-0.1, -0.05) is 63.4 Å². The number of hydrogen-bond acceptors (Lipinski definition) is 6. The Kier molecular flexibility index (Phi) is 6.52. The van der Waals surface area contributed by atoms with Crippen LogP contribution in [0.2, 0.25) is 10.0 Å². The summed E-state index contributed by atoms with van der Waals surface area (Å²) in [5.74, 6) is -0.253. The van der Waals surface area contributed by atoms with Gasteiger partial charge in [0.1, 0.15) is 23.1 Å². The molecule has 3 aromatic carbocycles. The predicted octanol–water partition coefficient (Wildman–Crippen LogP) is 6.20. The smallest absolute Gasteiger partial charge is 0.343 e. The number of halogens is 3. The molecule has 9 heteroatoms. The summed E-state index contributed by atoms with van der Waals surface area (Å²) in [6.45, 7) is 0. The first-order valence-electron chi connectivity index (χ1n) is 9.55. The Balaban J connectivity index is 1.69. The van der Waals surface area contributed by atoms with E-state index in [1.54, 1.807) is 18.2 Å². The van der Waals surface area contributed by atoms with E-state index in [1.807, 2.05) is 24.3 Å². The normalized spacial score (nSPS) is 14.7. The third kappa shape index (κ3) is 4.38. The van der Waals surface area contributed by atoms with Crippen LogP contribution in [0.5, 0.6) is 17.2 Å². The lowest BCUT2D eigenvalue weighted by Crippen LogP contribution is -2.21. The van der Waals surface area contributed by atoms with Crippen LogP contribution in [0.15, 0.2) is 70.5 Å². The number of nitrogens with zero attached hydrogens (tertiary/aromatic N) is 1. The molecule has 0 aliphatic carbocycles. The molecule has 1 aliphatic rings. The maximum absolute atomic E-state index is 12.7. The first kappa shape index (κ1) is 23.0. The molecular formula is C24H15BrCl2N2O4. The lowest BCUT2D eigenvalue weighted by molar-refractivity contribution is 0.0734. The number of allylic oxidation sites excluding steroid dienone is 1. The van der Waals surface area contributed by atoms with Crippen LogP contribution < -0.4 is 19.9 Å². The minimum absolute atomic E-state index is 0.0112. The largest absolute Gasteiger partial charge is 0.494 e. The third-order valence-corrected chi connectivity index (χ3v) is 6.34. The molecule has 1 heterocycles. The Labute approximate surface area is 208 Å². The van der Waals surface area contributed by atoms with Crippen LogP contribution in [0.4, 0.5) is 0 Å². The van der Waals surface area contributed by atoms with Gasteiger partial charge in [0.2, 0.25) is 5.88 Å². The summed E-state index contributed by atoms with van der Waals surface area (Å²) in [6.07, 6.45) is 0. The Bertz CT molecular complexity index is 1330. The number of carbonyl (C=O) groups is 1. The lowest BCUT2D eigenvalue weighted by atomic mass is 9.83. The predicted molar refractivity (Wildman–Crippen MR) is 128 cm³/mol. The minimum atomic E-state index is -0.666. The van der Waals surface area contributed by atoms with Crippen molar-refractivity contribution in [2.45, 2.75) is 5.92 Å². The molecule has 33 heavy (non-hydrogen) atoms. The molecule has 1 atom stereocenters. The summed E-state index contributed by atoms with van der Waals surface area (Å²) < 4.78 is 17.1.